The van der Waals surface area contributed by atoms with E-state index >= 15 is 0 Å². The van der Waals surface area contributed by atoms with Crippen molar-refractivity contribution in [2.75, 3.05) is 0 Å². The smallest absolute Gasteiger partial charge is 0.141 e. The van der Waals surface area contributed by atoms with Crippen molar-refractivity contribution < 1.29 is 4.79 Å². The minimum absolute atomic E-state index is 0.0851. The van der Waals surface area contributed by atoms with Crippen molar-refractivity contribution in [2.45, 2.75) is 12.8 Å². The number of Topliss-reactive ketones (excluding diaryl/α,β-unsaturated/α-hetero) is 1. The van der Waals surface area contributed by atoms with Crippen LogP contribution in [0.25, 0.3) is 0 Å². The van der Waals surface area contributed by atoms with Gasteiger partial charge in [-0.1, -0.05) is 63.4 Å². The first-order valence-corrected chi connectivity index (χ1v) is 7.31. The Hall–Kier alpha value is -0.830. The standard InChI is InChI=1S/C15H11BrCl2O/c16-13-5-2-1-4-10(13)8-11(19)9-12-14(17)6-3-7-15(12)18/h1-7H,8-9H2. The summed E-state index contributed by atoms with van der Waals surface area (Å²) >= 11 is 15.6. The van der Waals surface area contributed by atoms with E-state index in [2.05, 4.69) is 15.9 Å². The van der Waals surface area contributed by atoms with E-state index in [9.17, 15) is 4.79 Å². The average molecular weight is 358 g/mol. The van der Waals surface area contributed by atoms with Crippen LogP contribution in [0, 0.1) is 0 Å². The Morgan fingerprint density at radius 2 is 1.58 bits per heavy atom. The molecular formula is C15H11BrCl2O. The van der Waals surface area contributed by atoms with Crippen LogP contribution >= 0.6 is 39.1 Å². The summed E-state index contributed by atoms with van der Waals surface area (Å²) in [5.74, 6) is 0.0851. The number of hydrogen-bond donors (Lipinski definition) is 0. The molecule has 0 aromatic heterocycles. The Labute approximate surface area is 130 Å². The third-order valence-electron chi connectivity index (χ3n) is 2.78. The van der Waals surface area contributed by atoms with Crippen LogP contribution in [0.2, 0.25) is 10.0 Å². The van der Waals surface area contributed by atoms with E-state index in [1.54, 1.807) is 18.2 Å². The van der Waals surface area contributed by atoms with Gasteiger partial charge in [-0.25, -0.2) is 0 Å². The molecule has 0 fully saturated rings. The lowest BCUT2D eigenvalue weighted by Crippen LogP contribution is -2.07. The Morgan fingerprint density at radius 1 is 0.947 bits per heavy atom. The average Bonchev–Trinajstić information content (AvgIpc) is 2.37. The van der Waals surface area contributed by atoms with E-state index < -0.39 is 0 Å². The summed E-state index contributed by atoms with van der Waals surface area (Å²) in [5, 5.41) is 1.07. The van der Waals surface area contributed by atoms with Crippen molar-refractivity contribution in [1.82, 2.24) is 0 Å². The van der Waals surface area contributed by atoms with Gasteiger partial charge < -0.3 is 0 Å². The van der Waals surface area contributed by atoms with E-state index in [0.717, 1.165) is 10.0 Å². The fraction of sp³-hybridized carbons (Fsp3) is 0.133. The monoisotopic (exact) mass is 356 g/mol. The molecule has 0 aliphatic rings. The first-order chi connectivity index (χ1) is 9.08. The molecule has 0 N–H and O–H groups in total. The molecule has 19 heavy (non-hydrogen) atoms. The van der Waals surface area contributed by atoms with E-state index in [1.807, 2.05) is 24.3 Å². The Kier molecular flexibility index (Phi) is 5.03. The van der Waals surface area contributed by atoms with Gasteiger partial charge in [0.05, 0.1) is 0 Å². The molecule has 0 aliphatic carbocycles. The molecule has 2 aromatic carbocycles. The summed E-state index contributed by atoms with van der Waals surface area (Å²) in [7, 11) is 0. The minimum atomic E-state index is 0.0851. The summed E-state index contributed by atoms with van der Waals surface area (Å²) in [6, 6.07) is 12.9. The van der Waals surface area contributed by atoms with Crippen molar-refractivity contribution in [1.29, 1.82) is 0 Å². The second-order valence-corrected chi connectivity index (χ2v) is 5.85. The van der Waals surface area contributed by atoms with Crippen molar-refractivity contribution >= 4 is 44.9 Å². The van der Waals surface area contributed by atoms with Crippen LogP contribution in [-0.2, 0) is 17.6 Å². The molecular weight excluding hydrogens is 347 g/mol. The lowest BCUT2D eigenvalue weighted by atomic mass is 10.0. The molecule has 0 radical (unpaired) electrons. The Balaban J connectivity index is 2.12. The molecule has 0 atom stereocenters. The number of rotatable bonds is 4. The van der Waals surface area contributed by atoms with Gasteiger partial charge in [0.1, 0.15) is 5.78 Å². The van der Waals surface area contributed by atoms with E-state index in [-0.39, 0.29) is 12.2 Å². The van der Waals surface area contributed by atoms with Crippen LogP contribution in [0.3, 0.4) is 0 Å². The van der Waals surface area contributed by atoms with Crippen LogP contribution in [0.15, 0.2) is 46.9 Å². The fourth-order valence-electron chi connectivity index (χ4n) is 1.82. The summed E-state index contributed by atoms with van der Waals surface area (Å²) in [4.78, 5) is 12.1. The Bertz CT molecular complexity index is 591. The number of halogens is 3. The van der Waals surface area contributed by atoms with Crippen molar-refractivity contribution in [3.8, 4) is 0 Å². The lowest BCUT2D eigenvalue weighted by Gasteiger charge is -2.07. The molecule has 4 heteroatoms. The third-order valence-corrected chi connectivity index (χ3v) is 4.26. The molecule has 2 rings (SSSR count). The van der Waals surface area contributed by atoms with Gasteiger partial charge in [0.15, 0.2) is 0 Å². The zero-order valence-corrected chi connectivity index (χ0v) is 13.1. The molecule has 0 amide bonds. The highest BCUT2D eigenvalue weighted by atomic mass is 79.9. The van der Waals surface area contributed by atoms with Gasteiger partial charge in [-0.2, -0.15) is 0 Å². The SMILES string of the molecule is O=C(Cc1ccccc1Br)Cc1c(Cl)cccc1Cl. The second kappa shape index (κ2) is 6.56. The normalized spacial score (nSPS) is 10.5. The minimum Gasteiger partial charge on any atom is -0.299 e. The van der Waals surface area contributed by atoms with Gasteiger partial charge in [0.2, 0.25) is 0 Å². The molecule has 0 aliphatic heterocycles. The number of ketones is 1. The van der Waals surface area contributed by atoms with Crippen molar-refractivity contribution in [3.05, 3.63) is 68.1 Å². The number of carbonyl (C=O) groups excluding carboxylic acids is 1. The van der Waals surface area contributed by atoms with Crippen molar-refractivity contribution in [3.63, 3.8) is 0 Å². The number of carbonyl (C=O) groups is 1. The first-order valence-electron chi connectivity index (χ1n) is 5.76. The molecule has 0 saturated carbocycles. The molecule has 0 bridgehead atoms. The summed E-state index contributed by atoms with van der Waals surface area (Å²) in [6.07, 6.45) is 0.614. The van der Waals surface area contributed by atoms with Gasteiger partial charge in [0.25, 0.3) is 0 Å². The van der Waals surface area contributed by atoms with E-state index in [0.29, 0.717) is 22.0 Å². The maximum atomic E-state index is 12.1. The third kappa shape index (κ3) is 3.82. The number of hydrogen-bond acceptors (Lipinski definition) is 1. The highest BCUT2D eigenvalue weighted by molar-refractivity contribution is 9.10. The van der Waals surface area contributed by atoms with E-state index in [4.69, 9.17) is 23.2 Å². The molecule has 0 heterocycles. The van der Waals surface area contributed by atoms with Crippen LogP contribution in [0.5, 0.6) is 0 Å². The summed E-state index contributed by atoms with van der Waals surface area (Å²) in [5.41, 5.74) is 1.67. The molecule has 0 spiro atoms. The zero-order chi connectivity index (χ0) is 13.8. The topological polar surface area (TPSA) is 17.1 Å². The van der Waals surface area contributed by atoms with Crippen LogP contribution < -0.4 is 0 Å². The van der Waals surface area contributed by atoms with Gasteiger partial charge >= 0.3 is 0 Å². The number of benzene rings is 2. The fourth-order valence-corrected chi connectivity index (χ4v) is 2.77. The van der Waals surface area contributed by atoms with Gasteiger partial charge in [-0.15, -0.1) is 0 Å². The van der Waals surface area contributed by atoms with Crippen LogP contribution in [0.1, 0.15) is 11.1 Å². The Morgan fingerprint density at radius 3 is 2.21 bits per heavy atom. The summed E-state index contributed by atoms with van der Waals surface area (Å²) < 4.78 is 0.939. The highest BCUT2D eigenvalue weighted by Gasteiger charge is 2.12. The van der Waals surface area contributed by atoms with Gasteiger partial charge in [-0.05, 0) is 29.3 Å². The largest absolute Gasteiger partial charge is 0.299 e. The van der Waals surface area contributed by atoms with Gasteiger partial charge in [-0.3, -0.25) is 4.79 Å². The van der Waals surface area contributed by atoms with Gasteiger partial charge in [0, 0.05) is 27.4 Å². The molecule has 98 valence electrons. The van der Waals surface area contributed by atoms with E-state index in [1.165, 1.54) is 0 Å². The van der Waals surface area contributed by atoms with Crippen LogP contribution in [-0.4, -0.2) is 5.78 Å². The maximum absolute atomic E-state index is 12.1. The molecule has 0 saturated heterocycles. The predicted octanol–water partition coefficient (Wildman–Crippen LogP) is 5.11. The zero-order valence-electron chi connectivity index (χ0n) is 10.00. The van der Waals surface area contributed by atoms with Crippen molar-refractivity contribution in [2.24, 2.45) is 0 Å². The molecule has 1 nitrogen and oxygen atoms in total. The lowest BCUT2D eigenvalue weighted by molar-refractivity contribution is -0.117. The predicted molar refractivity (Wildman–Crippen MR) is 83.0 cm³/mol. The maximum Gasteiger partial charge on any atom is 0.141 e. The quantitative estimate of drug-likeness (QED) is 0.743. The highest BCUT2D eigenvalue weighted by Crippen LogP contribution is 2.25. The second-order valence-electron chi connectivity index (χ2n) is 4.18. The molecule has 0 unspecified atom stereocenters. The summed E-state index contributed by atoms with van der Waals surface area (Å²) in [6.45, 7) is 0. The van der Waals surface area contributed by atoms with Crippen LogP contribution in [0.4, 0.5) is 0 Å². The first kappa shape index (κ1) is 14.6. The molecule has 2 aromatic rings.